The minimum Gasteiger partial charge on any atom is -0.497 e. The molecule has 3 aromatic rings. The molecule has 0 saturated carbocycles. The zero-order valence-corrected chi connectivity index (χ0v) is 18.9. The summed E-state index contributed by atoms with van der Waals surface area (Å²) in [5.74, 6) is 0.795. The molecule has 2 amide bonds. The lowest BCUT2D eigenvalue weighted by molar-refractivity contribution is 0.243. The number of carbonyl (C=O) groups is 1. The van der Waals surface area contributed by atoms with Crippen LogP contribution < -0.4 is 15.4 Å². The molecule has 1 unspecified atom stereocenters. The highest BCUT2D eigenvalue weighted by molar-refractivity contribution is 7.99. The maximum Gasteiger partial charge on any atom is 0.319 e. The number of likely N-dealkylation sites (N-methyl/N-ethyl adjacent to an activating group) is 1. The highest BCUT2D eigenvalue weighted by Crippen LogP contribution is 2.28. The van der Waals surface area contributed by atoms with Crippen LogP contribution in [0.3, 0.4) is 0 Å². The number of nitrogens with one attached hydrogen (secondary N) is 2. The van der Waals surface area contributed by atoms with Gasteiger partial charge in [0.15, 0.2) is 5.16 Å². The van der Waals surface area contributed by atoms with E-state index < -0.39 is 0 Å². The summed E-state index contributed by atoms with van der Waals surface area (Å²) in [6.07, 6.45) is 3.43. The van der Waals surface area contributed by atoms with E-state index in [4.69, 9.17) is 4.74 Å². The molecule has 0 aliphatic rings. The number of aromatic nitrogens is 2. The van der Waals surface area contributed by atoms with Crippen molar-refractivity contribution in [1.29, 1.82) is 0 Å². The zero-order chi connectivity index (χ0) is 22.2. The summed E-state index contributed by atoms with van der Waals surface area (Å²) in [6, 6.07) is 15.3. The predicted octanol–water partition coefficient (Wildman–Crippen LogP) is 4.37. The Morgan fingerprint density at radius 3 is 2.58 bits per heavy atom. The zero-order valence-electron chi connectivity index (χ0n) is 18.1. The number of methoxy groups -OCH3 is 1. The summed E-state index contributed by atoms with van der Waals surface area (Å²) >= 11 is 1.48. The minimum atomic E-state index is -0.246. The van der Waals surface area contributed by atoms with Gasteiger partial charge in [0, 0.05) is 29.5 Å². The lowest BCUT2D eigenvalue weighted by Crippen LogP contribution is -2.37. The first-order chi connectivity index (χ1) is 15.0. The number of anilines is 1. The number of benzene rings is 2. The van der Waals surface area contributed by atoms with Gasteiger partial charge in [-0.25, -0.2) is 14.8 Å². The molecule has 0 radical (unpaired) electrons. The number of rotatable bonds is 8. The third-order valence-electron chi connectivity index (χ3n) is 4.76. The van der Waals surface area contributed by atoms with Crippen LogP contribution in [0.2, 0.25) is 0 Å². The number of aryl methyl sites for hydroxylation is 1. The molecular weight excluding hydrogens is 410 g/mol. The largest absolute Gasteiger partial charge is 0.497 e. The Labute approximate surface area is 187 Å². The molecular formula is C23H27N5O2S. The van der Waals surface area contributed by atoms with Gasteiger partial charge >= 0.3 is 6.03 Å². The van der Waals surface area contributed by atoms with Crippen molar-refractivity contribution in [2.45, 2.75) is 23.0 Å². The molecule has 1 heterocycles. The molecule has 0 aliphatic heterocycles. The lowest BCUT2D eigenvalue weighted by Gasteiger charge is -2.25. The molecule has 1 aromatic heterocycles. The van der Waals surface area contributed by atoms with Crippen molar-refractivity contribution in [3.63, 3.8) is 0 Å². The number of nitrogens with zero attached hydrogens (tertiary/aromatic N) is 3. The second kappa shape index (κ2) is 10.8. The van der Waals surface area contributed by atoms with Crippen molar-refractivity contribution in [2.24, 2.45) is 0 Å². The molecule has 8 heteroatoms. The summed E-state index contributed by atoms with van der Waals surface area (Å²) in [6.45, 7) is 2.43. The smallest absolute Gasteiger partial charge is 0.319 e. The van der Waals surface area contributed by atoms with E-state index in [0.717, 1.165) is 27.5 Å². The predicted molar refractivity (Wildman–Crippen MR) is 124 cm³/mol. The first kappa shape index (κ1) is 22.6. The highest BCUT2D eigenvalue weighted by atomic mass is 32.2. The van der Waals surface area contributed by atoms with Crippen molar-refractivity contribution >= 4 is 23.5 Å². The number of carbonyl (C=O) groups excluding carboxylic acids is 1. The summed E-state index contributed by atoms with van der Waals surface area (Å²) in [7, 11) is 5.62. The van der Waals surface area contributed by atoms with Gasteiger partial charge in [0.05, 0.1) is 13.2 Å². The van der Waals surface area contributed by atoms with Crippen molar-refractivity contribution in [3.8, 4) is 5.75 Å². The van der Waals surface area contributed by atoms with Crippen LogP contribution in [0, 0.1) is 6.92 Å². The monoisotopic (exact) mass is 437 g/mol. The second-order valence-corrected chi connectivity index (χ2v) is 8.24. The van der Waals surface area contributed by atoms with Crippen LogP contribution in [0.1, 0.15) is 17.2 Å². The average molecular weight is 438 g/mol. The van der Waals surface area contributed by atoms with E-state index in [-0.39, 0.29) is 12.1 Å². The fraction of sp³-hybridized carbons (Fsp3) is 0.261. The molecule has 2 aromatic carbocycles. The molecule has 0 bridgehead atoms. The van der Waals surface area contributed by atoms with Crippen molar-refractivity contribution in [2.75, 3.05) is 33.1 Å². The van der Waals surface area contributed by atoms with Crippen molar-refractivity contribution in [1.82, 2.24) is 20.2 Å². The Hall–Kier alpha value is -3.10. The number of hydrogen-bond donors (Lipinski definition) is 2. The third-order valence-corrected chi connectivity index (χ3v) is 5.64. The topological polar surface area (TPSA) is 79.4 Å². The van der Waals surface area contributed by atoms with Crippen molar-refractivity contribution in [3.05, 3.63) is 72.1 Å². The summed E-state index contributed by atoms with van der Waals surface area (Å²) in [5.41, 5.74) is 2.80. The molecule has 3 rings (SSSR count). The van der Waals surface area contributed by atoms with Crippen LogP contribution in [0.15, 0.2) is 71.0 Å². The van der Waals surface area contributed by atoms with Crippen LogP contribution >= 0.6 is 11.8 Å². The summed E-state index contributed by atoms with van der Waals surface area (Å²) < 4.78 is 5.32. The number of amides is 2. The number of ether oxygens (including phenoxy) is 1. The Balaban J connectivity index is 1.60. The Morgan fingerprint density at radius 1 is 1.13 bits per heavy atom. The van der Waals surface area contributed by atoms with Gasteiger partial charge in [-0.3, -0.25) is 0 Å². The van der Waals surface area contributed by atoms with Crippen LogP contribution in [0.25, 0.3) is 0 Å². The molecule has 31 heavy (non-hydrogen) atoms. The number of hydrogen-bond acceptors (Lipinski definition) is 6. The average Bonchev–Trinajstić information content (AvgIpc) is 2.76. The Bertz CT molecular complexity index is 1010. The molecule has 1 atom stereocenters. The quantitative estimate of drug-likeness (QED) is 0.510. The van der Waals surface area contributed by atoms with Crippen LogP contribution in [-0.2, 0) is 0 Å². The molecule has 0 spiro atoms. The third kappa shape index (κ3) is 6.44. The molecule has 162 valence electrons. The maximum absolute atomic E-state index is 12.5. The van der Waals surface area contributed by atoms with E-state index in [1.165, 1.54) is 11.8 Å². The molecule has 0 aliphatic carbocycles. The van der Waals surface area contributed by atoms with Gasteiger partial charge in [0.2, 0.25) is 0 Å². The normalized spacial score (nSPS) is 11.8. The summed E-state index contributed by atoms with van der Waals surface area (Å²) in [4.78, 5) is 24.1. The fourth-order valence-corrected chi connectivity index (χ4v) is 3.90. The first-order valence-electron chi connectivity index (χ1n) is 9.87. The molecule has 0 fully saturated rings. The van der Waals surface area contributed by atoms with E-state index in [0.29, 0.717) is 11.7 Å². The van der Waals surface area contributed by atoms with Crippen LogP contribution in [-0.4, -0.2) is 48.6 Å². The lowest BCUT2D eigenvalue weighted by atomic mass is 10.1. The Kier molecular flexibility index (Phi) is 7.86. The molecule has 2 N–H and O–H groups in total. The Morgan fingerprint density at radius 2 is 1.90 bits per heavy atom. The standard InChI is InChI=1S/C23H27N5O2S/c1-16-13-19(31-23-24-11-6-12-25-23)9-10-20(16)27-22(29)26-15-21(28(2)3)17-7-5-8-18(14-17)30-4/h5-14,21H,15H2,1-4H3,(H2,26,27,29). The van der Waals surface area contributed by atoms with Gasteiger partial charge in [-0.15, -0.1) is 0 Å². The SMILES string of the molecule is COc1cccc(C(CNC(=O)Nc2ccc(Sc3ncccn3)cc2C)N(C)C)c1. The fourth-order valence-electron chi connectivity index (χ4n) is 3.09. The van der Waals surface area contributed by atoms with Gasteiger partial charge in [-0.05, 0) is 80.3 Å². The molecule has 7 nitrogen and oxygen atoms in total. The minimum absolute atomic E-state index is 0.0200. The van der Waals surface area contributed by atoms with E-state index in [9.17, 15) is 4.79 Å². The van der Waals surface area contributed by atoms with Crippen LogP contribution in [0.4, 0.5) is 10.5 Å². The van der Waals surface area contributed by atoms with E-state index in [1.54, 1.807) is 25.6 Å². The van der Waals surface area contributed by atoms with Gasteiger partial charge < -0.3 is 20.3 Å². The van der Waals surface area contributed by atoms with E-state index in [2.05, 4.69) is 25.5 Å². The second-order valence-electron chi connectivity index (χ2n) is 7.20. The van der Waals surface area contributed by atoms with Crippen LogP contribution in [0.5, 0.6) is 5.75 Å². The highest BCUT2D eigenvalue weighted by Gasteiger charge is 2.16. The van der Waals surface area contributed by atoms with E-state index >= 15 is 0 Å². The maximum atomic E-state index is 12.5. The van der Waals surface area contributed by atoms with Crippen molar-refractivity contribution < 1.29 is 9.53 Å². The summed E-state index contributed by atoms with van der Waals surface area (Å²) in [5, 5.41) is 6.60. The first-order valence-corrected chi connectivity index (χ1v) is 10.7. The number of urea groups is 1. The van der Waals surface area contributed by atoms with Gasteiger partial charge in [-0.1, -0.05) is 12.1 Å². The molecule has 0 saturated heterocycles. The van der Waals surface area contributed by atoms with Gasteiger partial charge in [-0.2, -0.15) is 0 Å². The van der Waals surface area contributed by atoms with Gasteiger partial charge in [0.1, 0.15) is 5.75 Å². The van der Waals surface area contributed by atoms with E-state index in [1.807, 2.05) is 63.5 Å². The van der Waals surface area contributed by atoms with Gasteiger partial charge in [0.25, 0.3) is 0 Å².